The number of carbonyl (C=O) groups excluding carboxylic acids is 1. The van der Waals surface area contributed by atoms with Crippen LogP contribution in [0, 0.1) is 0 Å². The smallest absolute Gasteiger partial charge is 0.234 e. The number of benzene rings is 1. The van der Waals surface area contributed by atoms with E-state index in [4.69, 9.17) is 10.2 Å². The van der Waals surface area contributed by atoms with Crippen molar-refractivity contribution in [2.75, 3.05) is 0 Å². The first-order valence-corrected chi connectivity index (χ1v) is 6.64. The normalized spacial score (nSPS) is 16.4. The Morgan fingerprint density at radius 1 is 1.22 bits per heavy atom. The van der Waals surface area contributed by atoms with Gasteiger partial charge in [0.25, 0.3) is 0 Å². The van der Waals surface area contributed by atoms with Crippen LogP contribution in [0.2, 0.25) is 0 Å². The summed E-state index contributed by atoms with van der Waals surface area (Å²) >= 11 is 1.57. The molecular weight excluding hydrogens is 246 g/mol. The maximum atomic E-state index is 11.3. The van der Waals surface area contributed by atoms with Gasteiger partial charge in [0.15, 0.2) is 0 Å². The molecule has 1 aromatic heterocycles. The largest absolute Gasteiger partial charge is 0.464 e. The summed E-state index contributed by atoms with van der Waals surface area (Å²) in [6.07, 6.45) is 3.42. The van der Waals surface area contributed by atoms with E-state index < -0.39 is 0 Å². The molecule has 0 aliphatic heterocycles. The van der Waals surface area contributed by atoms with Crippen molar-refractivity contribution in [1.82, 2.24) is 0 Å². The summed E-state index contributed by atoms with van der Waals surface area (Å²) < 4.78 is 4.98. The number of carbonyl (C=O) groups is 1. The fourth-order valence-corrected chi connectivity index (χ4v) is 3.00. The number of thioether (sulfide) groups is 1. The Morgan fingerprint density at radius 3 is 2.44 bits per heavy atom. The van der Waals surface area contributed by atoms with E-state index in [2.05, 4.69) is 0 Å². The van der Waals surface area contributed by atoms with Crippen LogP contribution in [0.15, 0.2) is 52.0 Å². The average Bonchev–Trinajstić information content (AvgIpc) is 2.95. The van der Waals surface area contributed by atoms with Crippen LogP contribution in [0.25, 0.3) is 11.3 Å². The molecule has 1 fully saturated rings. The maximum absolute atomic E-state index is 11.3. The molecule has 0 bridgehead atoms. The highest BCUT2D eigenvalue weighted by atomic mass is 32.2. The highest BCUT2D eigenvalue weighted by molar-refractivity contribution is 8.01. The van der Waals surface area contributed by atoms with E-state index in [9.17, 15) is 4.79 Å². The van der Waals surface area contributed by atoms with Gasteiger partial charge in [-0.15, -0.1) is 11.8 Å². The molecular formula is C14H13NO2S. The van der Waals surface area contributed by atoms with E-state index in [-0.39, 0.29) is 10.7 Å². The van der Waals surface area contributed by atoms with E-state index in [1.165, 1.54) is 0 Å². The van der Waals surface area contributed by atoms with Crippen molar-refractivity contribution in [1.29, 1.82) is 0 Å². The van der Waals surface area contributed by atoms with E-state index in [1.54, 1.807) is 18.0 Å². The SMILES string of the molecule is NC(=O)C1(Sc2ccc(-c3ccco3)cc2)CC1. The molecule has 92 valence electrons. The van der Waals surface area contributed by atoms with E-state index >= 15 is 0 Å². The zero-order valence-corrected chi connectivity index (χ0v) is 10.6. The predicted octanol–water partition coefficient (Wildman–Crippen LogP) is 3.06. The number of furan rings is 1. The zero-order valence-electron chi connectivity index (χ0n) is 9.76. The van der Waals surface area contributed by atoms with Gasteiger partial charge in [-0.25, -0.2) is 0 Å². The quantitative estimate of drug-likeness (QED) is 0.918. The molecule has 4 heteroatoms. The van der Waals surface area contributed by atoms with Crippen molar-refractivity contribution in [3.63, 3.8) is 0 Å². The van der Waals surface area contributed by atoms with E-state index in [1.807, 2.05) is 36.4 Å². The Morgan fingerprint density at radius 2 is 1.94 bits per heavy atom. The molecule has 0 unspecified atom stereocenters. The summed E-state index contributed by atoms with van der Waals surface area (Å²) in [5.74, 6) is 0.644. The van der Waals surface area contributed by atoms with Gasteiger partial charge in [-0.2, -0.15) is 0 Å². The van der Waals surface area contributed by atoms with Crippen molar-refractivity contribution in [3.8, 4) is 11.3 Å². The Balaban J connectivity index is 1.78. The molecule has 1 aromatic carbocycles. The van der Waals surface area contributed by atoms with E-state index in [0.29, 0.717) is 0 Å². The molecule has 2 aromatic rings. The summed E-state index contributed by atoms with van der Waals surface area (Å²) in [6.45, 7) is 0. The molecule has 3 rings (SSSR count). The highest BCUT2D eigenvalue weighted by Crippen LogP contribution is 2.51. The van der Waals surface area contributed by atoms with Crippen molar-refractivity contribution in [3.05, 3.63) is 42.7 Å². The van der Waals surface area contributed by atoms with Crippen molar-refractivity contribution in [2.24, 2.45) is 5.73 Å². The summed E-state index contributed by atoms with van der Waals surface area (Å²) in [7, 11) is 0. The minimum Gasteiger partial charge on any atom is -0.464 e. The van der Waals surface area contributed by atoms with Gasteiger partial charge in [0.1, 0.15) is 5.76 Å². The van der Waals surface area contributed by atoms with Crippen molar-refractivity contribution < 1.29 is 9.21 Å². The van der Waals surface area contributed by atoms with Crippen molar-refractivity contribution >= 4 is 17.7 Å². The van der Waals surface area contributed by atoms with Gasteiger partial charge in [0.05, 0.1) is 11.0 Å². The lowest BCUT2D eigenvalue weighted by molar-refractivity contribution is -0.118. The number of rotatable bonds is 4. The molecule has 0 saturated heterocycles. The van der Waals surface area contributed by atoms with Crippen LogP contribution in [0.1, 0.15) is 12.8 Å². The van der Waals surface area contributed by atoms with Gasteiger partial charge in [0.2, 0.25) is 5.91 Å². The lowest BCUT2D eigenvalue weighted by atomic mass is 10.2. The second kappa shape index (κ2) is 4.21. The van der Waals surface area contributed by atoms with Crippen LogP contribution >= 0.6 is 11.8 Å². The number of hydrogen-bond acceptors (Lipinski definition) is 3. The Bertz CT molecular complexity index is 556. The van der Waals surface area contributed by atoms with Crippen LogP contribution in [0.4, 0.5) is 0 Å². The molecule has 1 aliphatic carbocycles. The molecule has 18 heavy (non-hydrogen) atoms. The van der Waals surface area contributed by atoms with Gasteiger partial charge in [0, 0.05) is 10.5 Å². The third kappa shape index (κ3) is 2.04. The maximum Gasteiger partial charge on any atom is 0.234 e. The minimum absolute atomic E-state index is 0.206. The summed E-state index contributed by atoms with van der Waals surface area (Å²) in [5, 5.41) is 0. The molecule has 2 N–H and O–H groups in total. The number of nitrogens with two attached hydrogens (primary N) is 1. The van der Waals surface area contributed by atoms with Gasteiger partial charge in [-0.05, 0) is 37.1 Å². The third-order valence-electron chi connectivity index (χ3n) is 3.13. The van der Waals surface area contributed by atoms with Gasteiger partial charge in [-0.1, -0.05) is 12.1 Å². The van der Waals surface area contributed by atoms with Gasteiger partial charge < -0.3 is 10.2 Å². The van der Waals surface area contributed by atoms with Crippen LogP contribution in [-0.2, 0) is 4.79 Å². The summed E-state index contributed by atoms with van der Waals surface area (Å²) in [5.41, 5.74) is 6.45. The molecule has 3 nitrogen and oxygen atoms in total. The number of hydrogen-bond donors (Lipinski definition) is 1. The third-order valence-corrected chi connectivity index (χ3v) is 4.63. The lowest BCUT2D eigenvalue weighted by Crippen LogP contribution is -2.27. The molecule has 0 spiro atoms. The Hall–Kier alpha value is -1.68. The fraction of sp³-hybridized carbons (Fsp3) is 0.214. The van der Waals surface area contributed by atoms with Crippen LogP contribution in [0.3, 0.4) is 0 Å². The fourth-order valence-electron chi connectivity index (χ4n) is 1.87. The molecule has 0 radical (unpaired) electrons. The van der Waals surface area contributed by atoms with Crippen molar-refractivity contribution in [2.45, 2.75) is 22.5 Å². The van der Waals surface area contributed by atoms with Gasteiger partial charge in [-0.3, -0.25) is 4.79 Å². The van der Waals surface area contributed by atoms with Crippen LogP contribution in [0.5, 0.6) is 0 Å². The summed E-state index contributed by atoms with van der Waals surface area (Å²) in [6, 6.07) is 11.8. The average molecular weight is 259 g/mol. The molecule has 1 saturated carbocycles. The first-order chi connectivity index (χ1) is 8.70. The van der Waals surface area contributed by atoms with Gasteiger partial charge >= 0.3 is 0 Å². The highest BCUT2D eigenvalue weighted by Gasteiger charge is 2.49. The molecule has 1 aliphatic rings. The van der Waals surface area contributed by atoms with Crippen LogP contribution < -0.4 is 5.73 Å². The summed E-state index contributed by atoms with van der Waals surface area (Å²) in [4.78, 5) is 12.4. The first kappa shape index (κ1) is 11.4. The number of primary amides is 1. The van der Waals surface area contributed by atoms with Crippen LogP contribution in [-0.4, -0.2) is 10.7 Å². The molecule has 0 atom stereocenters. The topological polar surface area (TPSA) is 56.2 Å². The molecule has 1 amide bonds. The zero-order chi connectivity index (χ0) is 12.6. The predicted molar refractivity (Wildman–Crippen MR) is 71.2 cm³/mol. The Kier molecular flexibility index (Phi) is 2.67. The molecule has 1 heterocycles. The standard InChI is InChI=1S/C14H13NO2S/c15-13(16)14(7-8-14)18-11-5-3-10(4-6-11)12-2-1-9-17-12/h1-6,9H,7-8H2,(H2,15,16). The Labute approximate surface area is 109 Å². The first-order valence-electron chi connectivity index (χ1n) is 5.82. The number of amides is 1. The minimum atomic E-state index is -0.355. The second-order valence-electron chi connectivity index (χ2n) is 4.46. The second-order valence-corrected chi connectivity index (χ2v) is 5.92. The lowest BCUT2D eigenvalue weighted by Gasteiger charge is -2.10. The monoisotopic (exact) mass is 259 g/mol. The van der Waals surface area contributed by atoms with E-state index in [0.717, 1.165) is 29.1 Å².